The Hall–Kier alpha value is -2.10. The summed E-state index contributed by atoms with van der Waals surface area (Å²) in [6.07, 6.45) is 1.47. The number of nitrogens with one attached hydrogen (secondary N) is 1. The number of hydrogen-bond acceptors (Lipinski definition) is 5. The zero-order chi connectivity index (χ0) is 20.9. The molecule has 0 amide bonds. The van der Waals surface area contributed by atoms with Crippen molar-refractivity contribution in [3.8, 4) is 5.75 Å². The molecule has 158 valence electrons. The van der Waals surface area contributed by atoms with Crippen molar-refractivity contribution in [3.63, 3.8) is 0 Å². The van der Waals surface area contributed by atoms with E-state index in [9.17, 15) is 8.42 Å². The van der Waals surface area contributed by atoms with E-state index in [1.807, 2.05) is 44.2 Å². The molecule has 3 N–H and O–H groups in total. The molecule has 1 aliphatic rings. The van der Waals surface area contributed by atoms with Gasteiger partial charge in [0.15, 0.2) is 5.96 Å². The molecule has 1 aromatic carbocycles. The van der Waals surface area contributed by atoms with Crippen molar-refractivity contribution in [1.29, 1.82) is 0 Å². The van der Waals surface area contributed by atoms with E-state index in [2.05, 4.69) is 10.3 Å². The number of fused-ring (bicyclic) bond motifs is 1. The zero-order valence-electron chi connectivity index (χ0n) is 16.8. The van der Waals surface area contributed by atoms with Crippen LogP contribution in [-0.2, 0) is 16.4 Å². The molecular weight excluding hydrogens is 408 g/mol. The Labute approximate surface area is 176 Å². The zero-order valence-corrected chi connectivity index (χ0v) is 18.4. The lowest BCUT2D eigenvalue weighted by Crippen LogP contribution is -2.37. The SMILES string of the molecule is CCN(CC)S(=O)(=O)c1ccc(CCN=C(N)NC2CCOc3ccccc32)s1. The number of nitrogens with two attached hydrogens (primary N) is 1. The van der Waals surface area contributed by atoms with E-state index in [4.69, 9.17) is 10.5 Å². The number of benzene rings is 1. The molecule has 29 heavy (non-hydrogen) atoms. The summed E-state index contributed by atoms with van der Waals surface area (Å²) in [7, 11) is -3.40. The normalized spacial score (nSPS) is 17.1. The van der Waals surface area contributed by atoms with Gasteiger partial charge in [0, 0.05) is 42.9 Å². The Morgan fingerprint density at radius 1 is 1.28 bits per heavy atom. The molecule has 0 radical (unpaired) electrons. The van der Waals surface area contributed by atoms with Gasteiger partial charge in [-0.25, -0.2) is 8.42 Å². The monoisotopic (exact) mass is 436 g/mol. The van der Waals surface area contributed by atoms with Crippen molar-refractivity contribution in [1.82, 2.24) is 9.62 Å². The van der Waals surface area contributed by atoms with Crippen LogP contribution in [0, 0.1) is 0 Å². The minimum atomic E-state index is -3.40. The van der Waals surface area contributed by atoms with Crippen LogP contribution in [0.25, 0.3) is 0 Å². The van der Waals surface area contributed by atoms with E-state index in [0.717, 1.165) is 22.6 Å². The number of para-hydroxylation sites is 1. The first-order chi connectivity index (χ1) is 14.0. The van der Waals surface area contributed by atoms with Gasteiger partial charge in [0.25, 0.3) is 10.0 Å². The molecule has 1 aliphatic heterocycles. The predicted octanol–water partition coefficient (Wildman–Crippen LogP) is 2.75. The van der Waals surface area contributed by atoms with E-state index in [-0.39, 0.29) is 6.04 Å². The summed E-state index contributed by atoms with van der Waals surface area (Å²) in [6, 6.07) is 11.5. The van der Waals surface area contributed by atoms with Crippen molar-refractivity contribution >= 4 is 27.3 Å². The molecule has 0 aliphatic carbocycles. The molecule has 1 unspecified atom stereocenters. The fourth-order valence-corrected chi connectivity index (χ4v) is 6.28. The summed E-state index contributed by atoms with van der Waals surface area (Å²) in [5.41, 5.74) is 7.16. The van der Waals surface area contributed by atoms with Crippen LogP contribution in [-0.4, -0.2) is 44.9 Å². The molecule has 1 atom stereocenters. The molecule has 3 rings (SSSR count). The van der Waals surface area contributed by atoms with Gasteiger partial charge in [-0.15, -0.1) is 11.3 Å². The molecule has 1 aromatic heterocycles. The summed E-state index contributed by atoms with van der Waals surface area (Å²) < 4.78 is 32.7. The van der Waals surface area contributed by atoms with Crippen LogP contribution in [0.2, 0.25) is 0 Å². The van der Waals surface area contributed by atoms with E-state index in [1.54, 1.807) is 6.07 Å². The highest BCUT2D eigenvalue weighted by atomic mass is 32.2. The van der Waals surface area contributed by atoms with Gasteiger partial charge in [-0.1, -0.05) is 32.0 Å². The Kier molecular flexibility index (Phi) is 7.15. The average molecular weight is 437 g/mol. The lowest BCUT2D eigenvalue weighted by molar-refractivity contribution is 0.262. The van der Waals surface area contributed by atoms with Gasteiger partial charge in [0.1, 0.15) is 9.96 Å². The summed E-state index contributed by atoms with van der Waals surface area (Å²) in [6.45, 7) is 5.76. The van der Waals surface area contributed by atoms with Gasteiger partial charge in [-0.05, 0) is 18.2 Å². The predicted molar refractivity (Wildman–Crippen MR) is 117 cm³/mol. The number of sulfonamides is 1. The molecule has 0 fully saturated rings. The highest BCUT2D eigenvalue weighted by Crippen LogP contribution is 2.31. The van der Waals surface area contributed by atoms with E-state index in [1.165, 1.54) is 15.6 Å². The van der Waals surface area contributed by atoms with Crippen molar-refractivity contribution in [3.05, 3.63) is 46.8 Å². The maximum Gasteiger partial charge on any atom is 0.252 e. The fourth-order valence-electron chi connectivity index (χ4n) is 3.32. The smallest absolute Gasteiger partial charge is 0.252 e. The first-order valence-corrected chi connectivity index (χ1v) is 12.1. The standard InChI is InChI=1S/C20H28N4O3S2/c1-3-24(4-2)29(25,26)19-10-9-15(28-19)11-13-22-20(21)23-17-12-14-27-18-8-6-5-7-16(17)18/h5-10,17H,3-4,11-14H2,1-2H3,(H3,21,22,23). The van der Waals surface area contributed by atoms with Gasteiger partial charge in [-0.2, -0.15) is 4.31 Å². The van der Waals surface area contributed by atoms with Gasteiger partial charge in [0.05, 0.1) is 12.6 Å². The molecule has 2 aromatic rings. The number of ether oxygens (including phenoxy) is 1. The topological polar surface area (TPSA) is 97.0 Å². The lowest BCUT2D eigenvalue weighted by Gasteiger charge is -2.26. The van der Waals surface area contributed by atoms with Crippen LogP contribution >= 0.6 is 11.3 Å². The van der Waals surface area contributed by atoms with Gasteiger partial charge in [-0.3, -0.25) is 4.99 Å². The molecular formula is C20H28N4O3S2. The number of nitrogens with zero attached hydrogens (tertiary/aromatic N) is 2. The first-order valence-electron chi connectivity index (χ1n) is 9.82. The summed E-state index contributed by atoms with van der Waals surface area (Å²) >= 11 is 1.30. The minimum Gasteiger partial charge on any atom is -0.493 e. The largest absolute Gasteiger partial charge is 0.493 e. The second-order valence-corrected chi connectivity index (χ2v) is 10.0. The molecule has 2 heterocycles. The third-order valence-corrected chi connectivity index (χ3v) is 8.52. The van der Waals surface area contributed by atoms with Crippen molar-refractivity contribution in [2.24, 2.45) is 10.7 Å². The summed E-state index contributed by atoms with van der Waals surface area (Å²) in [5.74, 6) is 1.27. The van der Waals surface area contributed by atoms with E-state index in [0.29, 0.717) is 42.8 Å². The van der Waals surface area contributed by atoms with Crippen molar-refractivity contribution in [2.75, 3.05) is 26.2 Å². The molecule has 0 saturated heterocycles. The summed E-state index contributed by atoms with van der Waals surface area (Å²) in [5, 5.41) is 3.27. The first kappa shape index (κ1) is 21.6. The second kappa shape index (κ2) is 9.60. The third-order valence-electron chi connectivity index (χ3n) is 4.86. The number of aliphatic imine (C=N–C) groups is 1. The molecule has 0 bridgehead atoms. The lowest BCUT2D eigenvalue weighted by atomic mass is 10.0. The second-order valence-electron chi connectivity index (χ2n) is 6.70. The van der Waals surface area contributed by atoms with Crippen LogP contribution < -0.4 is 15.8 Å². The van der Waals surface area contributed by atoms with Gasteiger partial charge in [0.2, 0.25) is 0 Å². The third kappa shape index (κ3) is 5.09. The number of rotatable bonds is 8. The van der Waals surface area contributed by atoms with Crippen molar-refractivity contribution < 1.29 is 13.2 Å². The van der Waals surface area contributed by atoms with Crippen LogP contribution in [0.1, 0.15) is 36.8 Å². The Balaban J connectivity index is 1.58. The van der Waals surface area contributed by atoms with E-state index >= 15 is 0 Å². The maximum absolute atomic E-state index is 12.6. The highest BCUT2D eigenvalue weighted by molar-refractivity contribution is 7.91. The van der Waals surface area contributed by atoms with Crippen LogP contribution in [0.3, 0.4) is 0 Å². The Morgan fingerprint density at radius 2 is 2.03 bits per heavy atom. The van der Waals surface area contributed by atoms with Crippen LogP contribution in [0.15, 0.2) is 45.6 Å². The van der Waals surface area contributed by atoms with E-state index < -0.39 is 10.0 Å². The van der Waals surface area contributed by atoms with Gasteiger partial charge >= 0.3 is 0 Å². The molecule has 0 saturated carbocycles. The average Bonchev–Trinajstić information content (AvgIpc) is 3.19. The molecule has 9 heteroatoms. The minimum absolute atomic E-state index is 0.0799. The fraction of sp³-hybridized carbons (Fsp3) is 0.450. The Morgan fingerprint density at radius 3 is 2.79 bits per heavy atom. The quantitative estimate of drug-likeness (QED) is 0.490. The molecule has 0 spiro atoms. The summed E-state index contributed by atoms with van der Waals surface area (Å²) in [4.78, 5) is 5.39. The van der Waals surface area contributed by atoms with Crippen LogP contribution in [0.5, 0.6) is 5.75 Å². The number of thiophene rings is 1. The Bertz CT molecular complexity index is 952. The van der Waals surface area contributed by atoms with Crippen molar-refractivity contribution in [2.45, 2.75) is 36.9 Å². The molecule has 7 nitrogen and oxygen atoms in total. The number of hydrogen-bond donors (Lipinski definition) is 2. The van der Waals surface area contributed by atoms with Gasteiger partial charge < -0.3 is 15.8 Å². The van der Waals surface area contributed by atoms with Crippen LogP contribution in [0.4, 0.5) is 0 Å². The highest BCUT2D eigenvalue weighted by Gasteiger charge is 2.23. The number of guanidine groups is 1. The maximum atomic E-state index is 12.6.